The van der Waals surface area contributed by atoms with E-state index < -0.39 is 0 Å². The number of carbonyl (C=O) groups is 1. The zero-order valence-corrected chi connectivity index (χ0v) is 16.1. The van der Waals surface area contributed by atoms with Crippen LogP contribution >= 0.6 is 0 Å². The van der Waals surface area contributed by atoms with Gasteiger partial charge in [-0.1, -0.05) is 18.2 Å². The van der Waals surface area contributed by atoms with E-state index in [1.807, 2.05) is 18.2 Å². The number of benzene rings is 2. The standard InChI is InChI=1S/C23H29N3O/c1-24-23(27)20-7-2-4-17(14-20)16-25-21-10-12-26(13-11-21)22-9-8-18-5-3-6-19(18)15-22/h2,4,7-9,14-15,21,25H,3,5-6,10-13,16H2,1H3,(H,24,27). The van der Waals surface area contributed by atoms with Gasteiger partial charge >= 0.3 is 0 Å². The molecule has 2 aromatic carbocycles. The number of piperidine rings is 1. The molecule has 0 bridgehead atoms. The summed E-state index contributed by atoms with van der Waals surface area (Å²) in [6, 6.07) is 15.5. The van der Waals surface area contributed by atoms with Crippen molar-refractivity contribution in [3.8, 4) is 0 Å². The van der Waals surface area contributed by atoms with Crippen molar-refractivity contribution >= 4 is 11.6 Å². The van der Waals surface area contributed by atoms with Crippen molar-refractivity contribution in [1.29, 1.82) is 0 Å². The maximum Gasteiger partial charge on any atom is 0.251 e. The molecule has 0 unspecified atom stereocenters. The van der Waals surface area contributed by atoms with Gasteiger partial charge in [-0.25, -0.2) is 0 Å². The Hall–Kier alpha value is -2.33. The third kappa shape index (κ3) is 4.16. The van der Waals surface area contributed by atoms with E-state index in [1.54, 1.807) is 18.2 Å². The van der Waals surface area contributed by atoms with Crippen molar-refractivity contribution in [2.45, 2.75) is 44.7 Å². The number of amides is 1. The molecule has 27 heavy (non-hydrogen) atoms. The minimum absolute atomic E-state index is 0.0282. The first-order valence-electron chi connectivity index (χ1n) is 10.1. The lowest BCUT2D eigenvalue weighted by atomic mass is 10.0. The van der Waals surface area contributed by atoms with Gasteiger partial charge in [0.25, 0.3) is 5.91 Å². The van der Waals surface area contributed by atoms with E-state index in [9.17, 15) is 4.79 Å². The number of hydrogen-bond donors (Lipinski definition) is 2. The Morgan fingerprint density at radius 3 is 2.70 bits per heavy atom. The lowest BCUT2D eigenvalue weighted by molar-refractivity contribution is 0.0963. The lowest BCUT2D eigenvalue weighted by Crippen LogP contribution is -2.42. The summed E-state index contributed by atoms with van der Waals surface area (Å²) >= 11 is 0. The number of carbonyl (C=O) groups excluding carboxylic acids is 1. The van der Waals surface area contributed by atoms with Crippen LogP contribution in [0.15, 0.2) is 42.5 Å². The predicted molar refractivity (Wildman–Crippen MR) is 110 cm³/mol. The molecule has 1 aliphatic heterocycles. The summed E-state index contributed by atoms with van der Waals surface area (Å²) in [4.78, 5) is 14.3. The van der Waals surface area contributed by atoms with Crippen molar-refractivity contribution in [3.63, 3.8) is 0 Å². The predicted octanol–water partition coefficient (Wildman–Crippen LogP) is 3.29. The fraction of sp³-hybridized carbons (Fsp3) is 0.435. The zero-order valence-electron chi connectivity index (χ0n) is 16.1. The van der Waals surface area contributed by atoms with Crippen LogP contribution in [0.2, 0.25) is 0 Å². The Labute approximate surface area is 162 Å². The highest BCUT2D eigenvalue weighted by molar-refractivity contribution is 5.94. The Balaban J connectivity index is 1.29. The van der Waals surface area contributed by atoms with Crippen LogP contribution in [-0.4, -0.2) is 32.1 Å². The van der Waals surface area contributed by atoms with E-state index in [0.29, 0.717) is 6.04 Å². The van der Waals surface area contributed by atoms with Crippen LogP contribution < -0.4 is 15.5 Å². The Kier molecular flexibility index (Phi) is 5.44. The number of nitrogens with zero attached hydrogens (tertiary/aromatic N) is 1. The van der Waals surface area contributed by atoms with Gasteiger partial charge < -0.3 is 15.5 Å². The number of fused-ring (bicyclic) bond motifs is 1. The fourth-order valence-corrected chi connectivity index (χ4v) is 4.33. The Bertz CT molecular complexity index is 809. The molecular weight excluding hydrogens is 334 g/mol. The monoisotopic (exact) mass is 363 g/mol. The first-order chi connectivity index (χ1) is 13.2. The van der Waals surface area contributed by atoms with Crippen LogP contribution in [0.4, 0.5) is 5.69 Å². The molecule has 0 aromatic heterocycles. The molecule has 1 heterocycles. The van der Waals surface area contributed by atoms with Crippen LogP contribution in [0.5, 0.6) is 0 Å². The largest absolute Gasteiger partial charge is 0.371 e. The molecule has 2 aliphatic rings. The van der Waals surface area contributed by atoms with Gasteiger partial charge in [-0.2, -0.15) is 0 Å². The molecule has 0 saturated carbocycles. The average molecular weight is 364 g/mol. The van der Waals surface area contributed by atoms with Crippen LogP contribution in [0.1, 0.15) is 46.3 Å². The second kappa shape index (κ2) is 8.13. The van der Waals surface area contributed by atoms with Gasteiger partial charge in [-0.05, 0) is 73.1 Å². The summed E-state index contributed by atoms with van der Waals surface area (Å²) in [5.41, 5.74) is 6.39. The van der Waals surface area contributed by atoms with E-state index in [4.69, 9.17) is 0 Å². The van der Waals surface area contributed by atoms with Crippen molar-refractivity contribution in [2.75, 3.05) is 25.0 Å². The van der Waals surface area contributed by atoms with Crippen molar-refractivity contribution in [2.24, 2.45) is 0 Å². The second-order valence-corrected chi connectivity index (χ2v) is 7.73. The number of rotatable bonds is 5. The molecule has 1 aliphatic carbocycles. The summed E-state index contributed by atoms with van der Waals surface area (Å²) in [5, 5.41) is 6.36. The van der Waals surface area contributed by atoms with E-state index >= 15 is 0 Å². The molecule has 0 spiro atoms. The molecule has 142 valence electrons. The molecule has 1 fully saturated rings. The second-order valence-electron chi connectivity index (χ2n) is 7.73. The van der Waals surface area contributed by atoms with Gasteiger partial charge in [-0.3, -0.25) is 4.79 Å². The molecular formula is C23H29N3O. The minimum Gasteiger partial charge on any atom is -0.371 e. The lowest BCUT2D eigenvalue weighted by Gasteiger charge is -2.34. The molecule has 4 heteroatoms. The third-order valence-electron chi connectivity index (χ3n) is 5.95. The topological polar surface area (TPSA) is 44.4 Å². The van der Waals surface area contributed by atoms with Crippen molar-refractivity contribution < 1.29 is 4.79 Å². The Morgan fingerprint density at radius 1 is 1.07 bits per heavy atom. The highest BCUT2D eigenvalue weighted by Crippen LogP contribution is 2.28. The van der Waals surface area contributed by atoms with E-state index in [-0.39, 0.29) is 5.91 Å². The van der Waals surface area contributed by atoms with E-state index in [0.717, 1.165) is 43.6 Å². The molecule has 2 aromatic rings. The van der Waals surface area contributed by atoms with Crippen molar-refractivity contribution in [1.82, 2.24) is 10.6 Å². The highest BCUT2D eigenvalue weighted by atomic mass is 16.1. The van der Waals surface area contributed by atoms with E-state index in [1.165, 1.54) is 24.9 Å². The molecule has 1 saturated heterocycles. The molecule has 0 atom stereocenters. The number of anilines is 1. The van der Waals surface area contributed by atoms with Gasteiger partial charge in [0.1, 0.15) is 0 Å². The fourth-order valence-electron chi connectivity index (χ4n) is 4.33. The number of hydrogen-bond acceptors (Lipinski definition) is 3. The molecule has 0 radical (unpaired) electrons. The summed E-state index contributed by atoms with van der Waals surface area (Å²) in [6.07, 6.45) is 6.13. The summed E-state index contributed by atoms with van der Waals surface area (Å²) in [6.45, 7) is 3.03. The quantitative estimate of drug-likeness (QED) is 0.857. The molecule has 4 rings (SSSR count). The molecule has 2 N–H and O–H groups in total. The highest BCUT2D eigenvalue weighted by Gasteiger charge is 2.20. The summed E-state index contributed by atoms with van der Waals surface area (Å²) < 4.78 is 0. The first-order valence-corrected chi connectivity index (χ1v) is 10.1. The van der Waals surface area contributed by atoms with Gasteiger partial charge in [0.05, 0.1) is 0 Å². The SMILES string of the molecule is CNC(=O)c1cccc(CNC2CCN(c3ccc4c(c3)CCC4)CC2)c1. The summed E-state index contributed by atoms with van der Waals surface area (Å²) in [7, 11) is 1.67. The minimum atomic E-state index is -0.0282. The maximum absolute atomic E-state index is 11.8. The van der Waals surface area contributed by atoms with Gasteiger partial charge in [0.2, 0.25) is 0 Å². The van der Waals surface area contributed by atoms with Gasteiger partial charge in [-0.15, -0.1) is 0 Å². The molecule has 1 amide bonds. The Morgan fingerprint density at radius 2 is 1.89 bits per heavy atom. The normalized spacial score (nSPS) is 17.0. The smallest absolute Gasteiger partial charge is 0.251 e. The third-order valence-corrected chi connectivity index (χ3v) is 5.95. The van der Waals surface area contributed by atoms with E-state index in [2.05, 4.69) is 39.8 Å². The average Bonchev–Trinajstić information content (AvgIpc) is 3.20. The summed E-state index contributed by atoms with van der Waals surface area (Å²) in [5.74, 6) is -0.0282. The van der Waals surface area contributed by atoms with Crippen LogP contribution in [0.25, 0.3) is 0 Å². The zero-order chi connectivity index (χ0) is 18.6. The maximum atomic E-state index is 11.8. The van der Waals surface area contributed by atoms with Crippen LogP contribution in [0.3, 0.4) is 0 Å². The van der Waals surface area contributed by atoms with Crippen LogP contribution in [0, 0.1) is 0 Å². The van der Waals surface area contributed by atoms with Crippen LogP contribution in [-0.2, 0) is 19.4 Å². The van der Waals surface area contributed by atoms with Gasteiger partial charge in [0.15, 0.2) is 0 Å². The van der Waals surface area contributed by atoms with Crippen molar-refractivity contribution in [3.05, 3.63) is 64.7 Å². The molecule has 4 nitrogen and oxygen atoms in total. The van der Waals surface area contributed by atoms with Gasteiger partial charge in [0, 0.05) is 44.0 Å². The first kappa shape index (κ1) is 18.1. The number of aryl methyl sites for hydroxylation is 2. The number of nitrogens with one attached hydrogen (secondary N) is 2.